The largest absolute Gasteiger partial charge is 0.456 e. The fourth-order valence-corrected chi connectivity index (χ4v) is 6.33. The first-order valence-corrected chi connectivity index (χ1v) is 15.0. The van der Waals surface area contributed by atoms with Gasteiger partial charge in [-0.1, -0.05) is 62.4 Å². The molecule has 3 aromatic carbocycles. The van der Waals surface area contributed by atoms with Gasteiger partial charge in [-0.25, -0.2) is 17.9 Å². The Balaban J connectivity index is 1.25. The predicted molar refractivity (Wildman–Crippen MR) is 153 cm³/mol. The Bertz CT molecular complexity index is 1650. The van der Waals surface area contributed by atoms with Gasteiger partial charge in [-0.15, -0.1) is 0 Å². The monoisotopic (exact) mass is 579 g/mol. The van der Waals surface area contributed by atoms with Crippen LogP contribution in [0.4, 0.5) is 4.79 Å². The Morgan fingerprint density at radius 3 is 2.46 bits per heavy atom. The van der Waals surface area contributed by atoms with E-state index in [1.54, 1.807) is 6.07 Å². The number of hydrogen-bond acceptors (Lipinski definition) is 7. The van der Waals surface area contributed by atoms with E-state index in [0.717, 1.165) is 10.9 Å². The average Bonchev–Trinajstić information content (AvgIpc) is 3.50. The van der Waals surface area contributed by atoms with Crippen molar-refractivity contribution in [3.8, 4) is 0 Å². The Hall–Kier alpha value is -3.93. The number of likely N-dealkylation sites (tertiary alicyclic amines) is 1. The number of aliphatic hydroxyl groups is 1. The topological polar surface area (TPSA) is 138 Å². The zero-order valence-electron chi connectivity index (χ0n) is 22.8. The molecule has 0 saturated carbocycles. The van der Waals surface area contributed by atoms with Gasteiger partial charge in [-0.05, 0) is 42.2 Å². The highest BCUT2D eigenvalue weighted by Crippen LogP contribution is 2.30. The molecular weight excluding hydrogens is 546 g/mol. The van der Waals surface area contributed by atoms with E-state index in [4.69, 9.17) is 9.15 Å². The maximum Gasteiger partial charge on any atom is 0.408 e. The molecule has 1 aromatic heterocycles. The Morgan fingerprint density at radius 2 is 1.71 bits per heavy atom. The van der Waals surface area contributed by atoms with Gasteiger partial charge in [0, 0.05) is 23.9 Å². The van der Waals surface area contributed by atoms with Crippen LogP contribution >= 0.6 is 0 Å². The Labute approximate surface area is 238 Å². The molecule has 1 fully saturated rings. The summed E-state index contributed by atoms with van der Waals surface area (Å²) in [4.78, 5) is 27.3. The number of carbonyl (C=O) groups excluding carboxylic acids is 2. The summed E-state index contributed by atoms with van der Waals surface area (Å²) in [5.74, 6) is -0.337. The first-order chi connectivity index (χ1) is 19.6. The van der Waals surface area contributed by atoms with Gasteiger partial charge in [0.15, 0.2) is 0 Å². The van der Waals surface area contributed by atoms with Gasteiger partial charge in [-0.3, -0.25) is 4.79 Å². The van der Waals surface area contributed by atoms with Gasteiger partial charge in [0.1, 0.15) is 23.8 Å². The van der Waals surface area contributed by atoms with Crippen molar-refractivity contribution in [3.05, 3.63) is 78.4 Å². The van der Waals surface area contributed by atoms with Crippen LogP contribution in [0.15, 0.2) is 82.1 Å². The highest BCUT2D eigenvalue weighted by atomic mass is 32.2. The molecule has 0 aliphatic carbocycles. The van der Waals surface area contributed by atoms with Gasteiger partial charge in [0.05, 0.1) is 17.0 Å². The maximum absolute atomic E-state index is 13.4. The summed E-state index contributed by atoms with van der Waals surface area (Å²) >= 11 is 0. The Kier molecular flexibility index (Phi) is 8.30. The van der Waals surface area contributed by atoms with Crippen LogP contribution in [0.2, 0.25) is 0 Å². The lowest BCUT2D eigenvalue weighted by molar-refractivity contribution is -0.133. The number of nitrogens with zero attached hydrogens (tertiary/aromatic N) is 1. The van der Waals surface area contributed by atoms with Gasteiger partial charge in [0.25, 0.3) is 0 Å². The summed E-state index contributed by atoms with van der Waals surface area (Å²) in [5.41, 5.74) is 2.03. The van der Waals surface area contributed by atoms with Crippen molar-refractivity contribution in [2.45, 2.75) is 50.0 Å². The van der Waals surface area contributed by atoms with Crippen molar-refractivity contribution in [3.63, 3.8) is 0 Å². The maximum atomic E-state index is 13.4. The molecule has 1 aliphatic rings. The lowest BCUT2D eigenvalue weighted by Crippen LogP contribution is -2.49. The first kappa shape index (κ1) is 28.6. The normalized spacial score (nSPS) is 18.2. The highest BCUT2D eigenvalue weighted by molar-refractivity contribution is 7.89. The molecule has 1 aliphatic heterocycles. The molecule has 2 unspecified atom stereocenters. The van der Waals surface area contributed by atoms with Crippen molar-refractivity contribution in [1.29, 1.82) is 0 Å². The van der Waals surface area contributed by atoms with Crippen LogP contribution < -0.4 is 10.0 Å². The molecule has 3 atom stereocenters. The zero-order chi connectivity index (χ0) is 29.1. The van der Waals surface area contributed by atoms with Crippen LogP contribution in [0.5, 0.6) is 0 Å². The van der Waals surface area contributed by atoms with E-state index in [-0.39, 0.29) is 30.5 Å². The molecule has 2 heterocycles. The molecule has 3 N–H and O–H groups in total. The van der Waals surface area contributed by atoms with Crippen molar-refractivity contribution >= 4 is 44.0 Å². The summed E-state index contributed by atoms with van der Waals surface area (Å²) in [7, 11) is -4.04. The number of furan rings is 1. The van der Waals surface area contributed by atoms with Crippen molar-refractivity contribution in [2.75, 3.05) is 13.1 Å². The second-order valence-corrected chi connectivity index (χ2v) is 12.4. The predicted octanol–water partition coefficient (Wildman–Crippen LogP) is 3.78. The number of amides is 2. The van der Waals surface area contributed by atoms with E-state index in [1.165, 1.54) is 17.0 Å². The highest BCUT2D eigenvalue weighted by Gasteiger charge is 2.39. The van der Waals surface area contributed by atoms with Crippen LogP contribution in [0.25, 0.3) is 21.9 Å². The molecule has 41 heavy (non-hydrogen) atoms. The zero-order valence-corrected chi connectivity index (χ0v) is 23.6. The standard InChI is InChI=1S/C30H33N3O7S/c1-19(2)14-24(31-30(36)39-18-20-8-4-3-5-9-20)29(35)33-16-25(26(34)17-33)32-41(37,38)21-12-13-28-23(15-21)22-10-6-7-11-27(22)40-28/h3-13,15,19,24-26,32,34H,14,16-18H2,1-2H3,(H,31,36)/t24-,25?,26?/m0/s1. The minimum Gasteiger partial charge on any atom is -0.456 e. The summed E-state index contributed by atoms with van der Waals surface area (Å²) in [6.45, 7) is 3.78. The summed E-state index contributed by atoms with van der Waals surface area (Å²) < 4.78 is 40.2. The van der Waals surface area contributed by atoms with Crippen LogP contribution in [0, 0.1) is 5.92 Å². The SMILES string of the molecule is CC(C)C[C@H](NC(=O)OCc1ccccc1)C(=O)N1CC(O)C(NS(=O)(=O)c2ccc3oc4ccccc4c3c2)C1. The van der Waals surface area contributed by atoms with Crippen LogP contribution in [-0.4, -0.2) is 61.7 Å². The minimum atomic E-state index is -4.04. The van der Waals surface area contributed by atoms with E-state index < -0.39 is 40.2 Å². The quantitative estimate of drug-likeness (QED) is 0.274. The van der Waals surface area contributed by atoms with Gasteiger partial charge in [0.2, 0.25) is 15.9 Å². The van der Waals surface area contributed by atoms with Crippen LogP contribution in [0.3, 0.4) is 0 Å². The number of fused-ring (bicyclic) bond motifs is 3. The third kappa shape index (κ3) is 6.53. The molecule has 11 heteroatoms. The first-order valence-electron chi connectivity index (χ1n) is 13.5. The molecule has 4 aromatic rings. The van der Waals surface area contributed by atoms with Gasteiger partial charge >= 0.3 is 6.09 Å². The van der Waals surface area contributed by atoms with Crippen molar-refractivity contribution in [2.24, 2.45) is 5.92 Å². The van der Waals surface area contributed by atoms with E-state index in [9.17, 15) is 23.1 Å². The van der Waals surface area contributed by atoms with Gasteiger partial charge < -0.3 is 24.5 Å². The number of benzene rings is 3. The van der Waals surface area contributed by atoms with Crippen molar-refractivity contribution < 1.29 is 32.3 Å². The van der Waals surface area contributed by atoms with Crippen LogP contribution in [0.1, 0.15) is 25.8 Å². The number of aliphatic hydroxyl groups excluding tert-OH is 1. The number of nitrogens with one attached hydrogen (secondary N) is 2. The third-order valence-corrected chi connectivity index (χ3v) is 8.56. The molecule has 5 rings (SSSR count). The number of rotatable bonds is 9. The van der Waals surface area contributed by atoms with E-state index >= 15 is 0 Å². The fraction of sp³-hybridized carbons (Fsp3) is 0.333. The molecule has 0 radical (unpaired) electrons. The number of sulfonamides is 1. The van der Waals surface area contributed by atoms with E-state index in [1.807, 2.05) is 68.4 Å². The van der Waals surface area contributed by atoms with E-state index in [2.05, 4.69) is 10.0 Å². The Morgan fingerprint density at radius 1 is 1.00 bits per heavy atom. The third-order valence-electron chi connectivity index (χ3n) is 7.08. The summed E-state index contributed by atoms with van der Waals surface area (Å²) in [5, 5.41) is 14.8. The molecule has 1 saturated heterocycles. The second kappa shape index (κ2) is 11.9. The second-order valence-electron chi connectivity index (χ2n) is 10.7. The average molecular weight is 580 g/mol. The molecule has 0 bridgehead atoms. The number of carbonyl (C=O) groups is 2. The molecule has 2 amide bonds. The number of hydrogen-bond donors (Lipinski definition) is 3. The van der Waals surface area contributed by atoms with E-state index in [0.29, 0.717) is 23.0 Å². The molecule has 10 nitrogen and oxygen atoms in total. The smallest absolute Gasteiger partial charge is 0.408 e. The molecule has 216 valence electrons. The molecular formula is C30H33N3O7S. The molecule has 0 spiro atoms. The summed E-state index contributed by atoms with van der Waals surface area (Å²) in [6.07, 6.45) is -1.51. The lowest BCUT2D eigenvalue weighted by atomic mass is 10.0. The van der Waals surface area contributed by atoms with Crippen molar-refractivity contribution in [1.82, 2.24) is 14.9 Å². The lowest BCUT2D eigenvalue weighted by Gasteiger charge is -2.25. The number of para-hydroxylation sites is 1. The number of β-amino-alcohol motifs (C(OH)–C–C–N with tert-alkyl or cyclic N) is 1. The summed E-state index contributed by atoms with van der Waals surface area (Å²) in [6, 6.07) is 19.3. The fourth-order valence-electron chi connectivity index (χ4n) is 5.04. The van der Waals surface area contributed by atoms with Gasteiger partial charge in [-0.2, -0.15) is 0 Å². The number of alkyl carbamates (subject to hydrolysis) is 1. The van der Waals surface area contributed by atoms with Crippen LogP contribution in [-0.2, 0) is 26.2 Å². The number of ether oxygens (including phenoxy) is 1. The minimum absolute atomic E-state index is 0.0223.